The minimum atomic E-state index is -0.459. The maximum Gasteiger partial charge on any atom is 0.280 e. The number of carbonyl (C=O) groups excluding carboxylic acids is 1. The largest absolute Gasteiger partial charge is 0.492 e. The number of nitrogens with one attached hydrogen (secondary N) is 1. The summed E-state index contributed by atoms with van der Waals surface area (Å²) in [5, 5.41) is 14.4. The number of amides is 1. The van der Waals surface area contributed by atoms with Gasteiger partial charge < -0.3 is 14.5 Å². The van der Waals surface area contributed by atoms with Crippen molar-refractivity contribution in [3.63, 3.8) is 0 Å². The molecule has 2 aromatic carbocycles. The van der Waals surface area contributed by atoms with Crippen LogP contribution in [-0.2, 0) is 4.79 Å². The molecule has 0 bridgehead atoms. The van der Waals surface area contributed by atoms with E-state index >= 15 is 0 Å². The molecule has 1 amide bonds. The maximum atomic E-state index is 12.4. The first-order valence-corrected chi connectivity index (χ1v) is 10.2. The molecule has 1 N–H and O–H groups in total. The lowest BCUT2D eigenvalue weighted by Crippen LogP contribution is -2.19. The molecule has 1 saturated heterocycles. The Balaban J connectivity index is 1.58. The van der Waals surface area contributed by atoms with Crippen molar-refractivity contribution in [2.24, 2.45) is 4.99 Å². The molecule has 0 radical (unpaired) electrons. The second-order valence-electron chi connectivity index (χ2n) is 6.36. The molecule has 31 heavy (non-hydrogen) atoms. The summed E-state index contributed by atoms with van der Waals surface area (Å²) in [7, 11) is 0. The Morgan fingerprint density at radius 2 is 1.94 bits per heavy atom. The molecule has 4 rings (SSSR count). The van der Waals surface area contributed by atoms with Crippen LogP contribution in [0.3, 0.4) is 0 Å². The molecule has 1 aliphatic rings. The summed E-state index contributed by atoms with van der Waals surface area (Å²) in [5.41, 5.74) is 0.937. The Kier molecular flexibility index (Phi) is 5.85. The number of thioether (sulfide) groups is 1. The molecule has 8 nitrogen and oxygen atoms in total. The minimum Gasteiger partial charge on any atom is -0.492 e. The summed E-state index contributed by atoms with van der Waals surface area (Å²) in [5.74, 6) is 1.08. The molecule has 1 aliphatic heterocycles. The number of rotatable bonds is 6. The summed E-state index contributed by atoms with van der Waals surface area (Å²) < 4.78 is 11.3. The van der Waals surface area contributed by atoms with E-state index in [2.05, 4.69) is 10.3 Å². The number of furan rings is 1. The number of carbonyl (C=O) groups is 1. The van der Waals surface area contributed by atoms with Crippen molar-refractivity contribution in [1.29, 1.82) is 0 Å². The highest BCUT2D eigenvalue weighted by atomic mass is 32.2. The number of amidine groups is 1. The predicted octanol–water partition coefficient (Wildman–Crippen LogP) is 5.15. The van der Waals surface area contributed by atoms with Gasteiger partial charge in [-0.3, -0.25) is 14.9 Å². The van der Waals surface area contributed by atoms with E-state index in [4.69, 9.17) is 9.15 Å². The molecule has 0 atom stereocenters. The van der Waals surface area contributed by atoms with Crippen molar-refractivity contribution >= 4 is 40.3 Å². The van der Waals surface area contributed by atoms with Crippen LogP contribution in [0.2, 0.25) is 0 Å². The minimum absolute atomic E-state index is 0.0496. The van der Waals surface area contributed by atoms with Crippen molar-refractivity contribution in [2.45, 2.75) is 6.92 Å². The lowest BCUT2D eigenvalue weighted by atomic mass is 10.1. The van der Waals surface area contributed by atoms with Crippen LogP contribution < -0.4 is 10.1 Å². The summed E-state index contributed by atoms with van der Waals surface area (Å²) in [6.45, 7) is 2.39. The molecule has 0 aliphatic carbocycles. The number of aliphatic imine (C=N–C) groups is 1. The van der Waals surface area contributed by atoms with Crippen LogP contribution in [0.15, 0.2) is 75.0 Å². The molecular weight excluding hydrogens is 418 g/mol. The quantitative estimate of drug-likeness (QED) is 0.326. The Labute approximate surface area is 181 Å². The fraction of sp³-hybridized carbons (Fsp3) is 0.0909. The van der Waals surface area contributed by atoms with Crippen molar-refractivity contribution in [2.75, 3.05) is 6.61 Å². The van der Waals surface area contributed by atoms with Gasteiger partial charge in [0.25, 0.3) is 11.6 Å². The summed E-state index contributed by atoms with van der Waals surface area (Å²) >= 11 is 1.18. The lowest BCUT2D eigenvalue weighted by Gasteiger charge is -2.06. The zero-order valence-electron chi connectivity index (χ0n) is 16.4. The van der Waals surface area contributed by atoms with Crippen LogP contribution in [0, 0.1) is 10.1 Å². The van der Waals surface area contributed by atoms with Crippen LogP contribution in [-0.4, -0.2) is 22.6 Å². The first-order chi connectivity index (χ1) is 15.0. The van der Waals surface area contributed by atoms with Crippen molar-refractivity contribution in [1.82, 2.24) is 5.32 Å². The van der Waals surface area contributed by atoms with E-state index in [9.17, 15) is 14.9 Å². The average molecular weight is 435 g/mol. The van der Waals surface area contributed by atoms with Gasteiger partial charge in [0.05, 0.1) is 22.0 Å². The number of ether oxygens (including phenoxy) is 1. The van der Waals surface area contributed by atoms with Gasteiger partial charge >= 0.3 is 0 Å². The second kappa shape index (κ2) is 8.88. The third-order valence-corrected chi connectivity index (χ3v) is 5.21. The van der Waals surface area contributed by atoms with Gasteiger partial charge in [0.1, 0.15) is 23.0 Å². The molecule has 9 heteroatoms. The summed E-state index contributed by atoms with van der Waals surface area (Å²) in [4.78, 5) is 28.0. The molecule has 156 valence electrons. The van der Waals surface area contributed by atoms with E-state index in [-0.39, 0.29) is 11.6 Å². The Morgan fingerprint density at radius 3 is 2.74 bits per heavy atom. The Morgan fingerprint density at radius 1 is 1.16 bits per heavy atom. The number of nitrogens with zero attached hydrogens (tertiary/aromatic N) is 2. The van der Waals surface area contributed by atoms with E-state index < -0.39 is 4.92 Å². The van der Waals surface area contributed by atoms with Gasteiger partial charge in [-0.2, -0.15) is 0 Å². The highest BCUT2D eigenvalue weighted by Crippen LogP contribution is 2.34. The Bertz CT molecular complexity index is 1220. The smallest absolute Gasteiger partial charge is 0.280 e. The van der Waals surface area contributed by atoms with Crippen LogP contribution in [0.4, 0.5) is 11.4 Å². The monoisotopic (exact) mass is 435 g/mol. The van der Waals surface area contributed by atoms with Crippen LogP contribution in [0.1, 0.15) is 12.7 Å². The number of para-hydroxylation sites is 3. The van der Waals surface area contributed by atoms with Crippen molar-refractivity contribution in [3.8, 4) is 17.1 Å². The molecule has 1 aromatic heterocycles. The molecule has 3 aromatic rings. The highest BCUT2D eigenvalue weighted by molar-refractivity contribution is 8.18. The Hall–Kier alpha value is -3.85. The van der Waals surface area contributed by atoms with Gasteiger partial charge in [-0.1, -0.05) is 24.3 Å². The van der Waals surface area contributed by atoms with Gasteiger partial charge in [0.15, 0.2) is 5.17 Å². The predicted molar refractivity (Wildman–Crippen MR) is 119 cm³/mol. The molecule has 2 heterocycles. The zero-order chi connectivity index (χ0) is 21.8. The SMILES string of the molecule is CCOc1ccccc1N=C1NC(=O)/C(=C\c2ccc(-c3ccccc3[N+](=O)[O-])o2)S1. The van der Waals surface area contributed by atoms with Crippen LogP contribution in [0.25, 0.3) is 17.4 Å². The molecule has 0 saturated carbocycles. The normalized spacial score (nSPS) is 16.0. The first kappa shape index (κ1) is 20.4. The van der Waals surface area contributed by atoms with Crippen LogP contribution in [0.5, 0.6) is 5.75 Å². The van der Waals surface area contributed by atoms with E-state index in [1.165, 1.54) is 17.8 Å². The number of nitro benzene ring substituents is 1. The molecule has 0 spiro atoms. The zero-order valence-corrected chi connectivity index (χ0v) is 17.2. The van der Waals surface area contributed by atoms with Crippen molar-refractivity contribution in [3.05, 3.63) is 81.4 Å². The lowest BCUT2D eigenvalue weighted by molar-refractivity contribution is -0.384. The van der Waals surface area contributed by atoms with Gasteiger partial charge in [-0.05, 0) is 49.0 Å². The van der Waals surface area contributed by atoms with E-state index in [0.717, 1.165) is 0 Å². The fourth-order valence-electron chi connectivity index (χ4n) is 2.96. The third kappa shape index (κ3) is 4.51. The standard InChI is InChI=1S/C22H17N3O5S/c1-2-29-19-10-6-4-8-16(19)23-22-24-21(26)20(31-22)13-14-11-12-18(30-14)15-7-3-5-9-17(15)25(27)28/h3-13H,2H2,1H3,(H,23,24,26)/b20-13+. The van der Waals surface area contributed by atoms with E-state index in [0.29, 0.717) is 45.2 Å². The van der Waals surface area contributed by atoms with Gasteiger partial charge in [-0.25, -0.2) is 4.99 Å². The number of hydrogen-bond acceptors (Lipinski definition) is 7. The molecule has 1 fully saturated rings. The van der Waals surface area contributed by atoms with E-state index in [1.54, 1.807) is 42.5 Å². The third-order valence-electron chi connectivity index (χ3n) is 4.30. The number of hydrogen-bond donors (Lipinski definition) is 1. The molecule has 0 unspecified atom stereocenters. The van der Waals surface area contributed by atoms with Crippen LogP contribution >= 0.6 is 11.8 Å². The maximum absolute atomic E-state index is 12.4. The van der Waals surface area contributed by atoms with Gasteiger partial charge in [0.2, 0.25) is 0 Å². The fourth-order valence-corrected chi connectivity index (χ4v) is 3.78. The first-order valence-electron chi connectivity index (χ1n) is 9.40. The highest BCUT2D eigenvalue weighted by Gasteiger charge is 2.25. The van der Waals surface area contributed by atoms with Crippen molar-refractivity contribution < 1.29 is 18.9 Å². The second-order valence-corrected chi connectivity index (χ2v) is 7.39. The summed E-state index contributed by atoms with van der Waals surface area (Å²) in [6.07, 6.45) is 1.58. The van der Waals surface area contributed by atoms with E-state index in [1.807, 2.05) is 25.1 Å². The number of benzene rings is 2. The number of nitro groups is 1. The topological polar surface area (TPSA) is 107 Å². The summed E-state index contributed by atoms with van der Waals surface area (Å²) in [6, 6.07) is 16.9. The van der Waals surface area contributed by atoms with Gasteiger partial charge in [0, 0.05) is 12.1 Å². The molecular formula is C22H17N3O5S. The average Bonchev–Trinajstić information content (AvgIpc) is 3.36. The van der Waals surface area contributed by atoms with Gasteiger partial charge in [-0.15, -0.1) is 0 Å².